The van der Waals surface area contributed by atoms with Crippen molar-refractivity contribution in [3.63, 3.8) is 0 Å². The molecule has 3 atom stereocenters. The Morgan fingerprint density at radius 1 is 1.18 bits per heavy atom. The standard InChI is InChI=1S/C15H30N2/c1-12-5-4-9-17(10-7-12)11-13-6-8-15(2,3)14(13)16/h12-14H,4-11,16H2,1-3H3. The molecule has 0 aromatic heterocycles. The molecular formula is C15H30N2. The van der Waals surface area contributed by atoms with Crippen LogP contribution in [-0.4, -0.2) is 30.6 Å². The molecule has 2 N–H and O–H groups in total. The van der Waals surface area contributed by atoms with Crippen molar-refractivity contribution in [3.8, 4) is 0 Å². The molecule has 3 unspecified atom stereocenters. The third kappa shape index (κ3) is 3.23. The first-order valence-corrected chi connectivity index (χ1v) is 7.47. The van der Waals surface area contributed by atoms with Gasteiger partial charge >= 0.3 is 0 Å². The summed E-state index contributed by atoms with van der Waals surface area (Å²) in [5.74, 6) is 1.66. The zero-order chi connectivity index (χ0) is 12.5. The smallest absolute Gasteiger partial charge is 0.0131 e. The Hall–Kier alpha value is -0.0800. The Bertz CT molecular complexity index is 249. The highest BCUT2D eigenvalue weighted by Gasteiger charge is 2.39. The van der Waals surface area contributed by atoms with E-state index in [2.05, 4.69) is 25.7 Å². The first-order chi connectivity index (χ1) is 7.99. The van der Waals surface area contributed by atoms with Crippen molar-refractivity contribution in [1.29, 1.82) is 0 Å². The second kappa shape index (κ2) is 5.27. The largest absolute Gasteiger partial charge is 0.327 e. The van der Waals surface area contributed by atoms with Crippen LogP contribution in [0, 0.1) is 17.3 Å². The fraction of sp³-hybridized carbons (Fsp3) is 1.00. The van der Waals surface area contributed by atoms with Gasteiger partial charge in [-0.3, -0.25) is 0 Å². The van der Waals surface area contributed by atoms with Crippen LogP contribution in [0.3, 0.4) is 0 Å². The zero-order valence-electron chi connectivity index (χ0n) is 11.9. The summed E-state index contributed by atoms with van der Waals surface area (Å²) in [5.41, 5.74) is 6.78. The van der Waals surface area contributed by atoms with Crippen LogP contribution < -0.4 is 5.73 Å². The van der Waals surface area contributed by atoms with Crippen LogP contribution in [0.2, 0.25) is 0 Å². The second-order valence-electron chi connectivity index (χ2n) is 7.15. The van der Waals surface area contributed by atoms with Crippen molar-refractivity contribution in [2.24, 2.45) is 23.0 Å². The summed E-state index contributed by atoms with van der Waals surface area (Å²) < 4.78 is 0. The third-order valence-corrected chi connectivity index (χ3v) is 5.17. The summed E-state index contributed by atoms with van der Waals surface area (Å²) in [5, 5.41) is 0. The molecule has 1 aliphatic heterocycles. The van der Waals surface area contributed by atoms with E-state index in [1.165, 1.54) is 51.7 Å². The van der Waals surface area contributed by atoms with Gasteiger partial charge in [0.05, 0.1) is 0 Å². The predicted molar refractivity (Wildman–Crippen MR) is 73.9 cm³/mol. The minimum Gasteiger partial charge on any atom is -0.327 e. The maximum absolute atomic E-state index is 6.41. The highest BCUT2D eigenvalue weighted by Crippen LogP contribution is 2.40. The highest BCUT2D eigenvalue weighted by atomic mass is 15.1. The van der Waals surface area contributed by atoms with Crippen molar-refractivity contribution >= 4 is 0 Å². The summed E-state index contributed by atoms with van der Waals surface area (Å²) in [4.78, 5) is 2.68. The van der Waals surface area contributed by atoms with Crippen molar-refractivity contribution in [3.05, 3.63) is 0 Å². The van der Waals surface area contributed by atoms with Crippen molar-refractivity contribution in [2.45, 2.75) is 58.9 Å². The predicted octanol–water partition coefficient (Wildman–Crippen LogP) is 2.87. The zero-order valence-corrected chi connectivity index (χ0v) is 11.9. The van der Waals surface area contributed by atoms with E-state index in [1.54, 1.807) is 0 Å². The molecule has 1 saturated heterocycles. The van der Waals surface area contributed by atoms with E-state index in [4.69, 9.17) is 5.73 Å². The van der Waals surface area contributed by atoms with Crippen LogP contribution in [0.25, 0.3) is 0 Å². The van der Waals surface area contributed by atoms with Gasteiger partial charge in [-0.1, -0.05) is 20.8 Å². The maximum atomic E-state index is 6.41. The minimum absolute atomic E-state index is 0.365. The number of hydrogen-bond donors (Lipinski definition) is 1. The fourth-order valence-electron chi connectivity index (χ4n) is 3.58. The van der Waals surface area contributed by atoms with E-state index in [0.717, 1.165) is 11.8 Å². The van der Waals surface area contributed by atoms with Gasteiger partial charge in [-0.25, -0.2) is 0 Å². The van der Waals surface area contributed by atoms with E-state index in [9.17, 15) is 0 Å². The van der Waals surface area contributed by atoms with Gasteiger partial charge in [-0.2, -0.15) is 0 Å². The summed E-state index contributed by atoms with van der Waals surface area (Å²) in [6.45, 7) is 10.9. The van der Waals surface area contributed by atoms with Gasteiger partial charge in [0.25, 0.3) is 0 Å². The Morgan fingerprint density at radius 2 is 1.94 bits per heavy atom. The molecule has 2 nitrogen and oxygen atoms in total. The number of hydrogen-bond acceptors (Lipinski definition) is 2. The van der Waals surface area contributed by atoms with Gasteiger partial charge in [0.1, 0.15) is 0 Å². The average Bonchev–Trinajstić information content (AvgIpc) is 2.44. The lowest BCUT2D eigenvalue weighted by atomic mass is 9.85. The van der Waals surface area contributed by atoms with Gasteiger partial charge in [-0.05, 0) is 62.4 Å². The van der Waals surface area contributed by atoms with Crippen LogP contribution in [0.4, 0.5) is 0 Å². The van der Waals surface area contributed by atoms with Crippen molar-refractivity contribution in [1.82, 2.24) is 4.90 Å². The molecule has 2 fully saturated rings. The van der Waals surface area contributed by atoms with Gasteiger partial charge in [0, 0.05) is 12.6 Å². The summed E-state index contributed by atoms with van der Waals surface area (Å²) in [6, 6.07) is 0.406. The lowest BCUT2D eigenvalue weighted by Crippen LogP contribution is -2.42. The van der Waals surface area contributed by atoms with Gasteiger partial charge in [0.2, 0.25) is 0 Å². The minimum atomic E-state index is 0.365. The summed E-state index contributed by atoms with van der Waals surface area (Å²) in [6.07, 6.45) is 6.82. The Morgan fingerprint density at radius 3 is 2.59 bits per heavy atom. The molecule has 1 saturated carbocycles. The normalized spacial score (nSPS) is 39.2. The van der Waals surface area contributed by atoms with Crippen molar-refractivity contribution < 1.29 is 0 Å². The molecule has 0 spiro atoms. The van der Waals surface area contributed by atoms with E-state index < -0.39 is 0 Å². The number of likely N-dealkylation sites (tertiary alicyclic amines) is 1. The molecule has 0 amide bonds. The fourth-order valence-corrected chi connectivity index (χ4v) is 3.58. The van der Waals surface area contributed by atoms with E-state index >= 15 is 0 Å². The second-order valence-corrected chi connectivity index (χ2v) is 7.15. The number of rotatable bonds is 2. The van der Waals surface area contributed by atoms with Crippen LogP contribution in [-0.2, 0) is 0 Å². The van der Waals surface area contributed by atoms with Gasteiger partial charge < -0.3 is 10.6 Å². The van der Waals surface area contributed by atoms with Crippen LogP contribution in [0.5, 0.6) is 0 Å². The SMILES string of the molecule is CC1CCCN(CC2CCC(C)(C)C2N)CC1. The molecule has 1 heterocycles. The highest BCUT2D eigenvalue weighted by molar-refractivity contribution is 4.95. The molecule has 0 radical (unpaired) electrons. The van der Waals surface area contributed by atoms with Gasteiger partial charge in [0.15, 0.2) is 0 Å². The monoisotopic (exact) mass is 238 g/mol. The van der Waals surface area contributed by atoms with E-state index in [1.807, 2.05) is 0 Å². The van der Waals surface area contributed by atoms with E-state index in [-0.39, 0.29) is 0 Å². The third-order valence-electron chi connectivity index (χ3n) is 5.17. The molecule has 0 aromatic rings. The molecule has 0 bridgehead atoms. The first kappa shape index (κ1) is 13.4. The Balaban J connectivity index is 1.85. The topological polar surface area (TPSA) is 29.3 Å². The molecule has 1 aliphatic carbocycles. The Labute approximate surface area is 107 Å². The molecule has 100 valence electrons. The molecule has 2 rings (SSSR count). The first-order valence-electron chi connectivity index (χ1n) is 7.47. The molecule has 17 heavy (non-hydrogen) atoms. The Kier molecular flexibility index (Phi) is 4.14. The molecule has 0 aromatic carbocycles. The number of nitrogens with two attached hydrogens (primary N) is 1. The lowest BCUT2D eigenvalue weighted by Gasteiger charge is -2.30. The summed E-state index contributed by atoms with van der Waals surface area (Å²) >= 11 is 0. The number of nitrogens with zero attached hydrogens (tertiary/aromatic N) is 1. The molecule has 2 aliphatic rings. The summed E-state index contributed by atoms with van der Waals surface area (Å²) in [7, 11) is 0. The van der Waals surface area contributed by atoms with Gasteiger partial charge in [-0.15, -0.1) is 0 Å². The lowest BCUT2D eigenvalue weighted by molar-refractivity contribution is 0.208. The van der Waals surface area contributed by atoms with Crippen molar-refractivity contribution in [2.75, 3.05) is 19.6 Å². The molecular weight excluding hydrogens is 208 g/mol. The quantitative estimate of drug-likeness (QED) is 0.801. The van der Waals surface area contributed by atoms with Crippen LogP contribution in [0.1, 0.15) is 52.9 Å². The maximum Gasteiger partial charge on any atom is 0.0131 e. The van der Waals surface area contributed by atoms with Crippen LogP contribution in [0.15, 0.2) is 0 Å². The van der Waals surface area contributed by atoms with E-state index in [0.29, 0.717) is 11.5 Å². The average molecular weight is 238 g/mol. The van der Waals surface area contributed by atoms with Crippen LogP contribution >= 0.6 is 0 Å². The molecule has 2 heteroatoms.